The zero-order chi connectivity index (χ0) is 102. The average molecular weight is 1950 g/mol. The number of halogens is 4. The summed E-state index contributed by atoms with van der Waals surface area (Å²) in [5.41, 5.74) is 6.52. The van der Waals surface area contributed by atoms with E-state index in [0.717, 1.165) is 122 Å². The number of morpholine rings is 4. The van der Waals surface area contributed by atoms with Crippen LogP contribution in [0.4, 0.5) is 17.6 Å². The number of carbonyl (C=O) groups is 6. The number of rotatable bonds is 18. The number of carbonyl (C=O) groups excluding carboxylic acids is 6. The third-order valence-corrected chi connectivity index (χ3v) is 25.4. The molecule has 6 fully saturated rings. The lowest BCUT2D eigenvalue weighted by molar-refractivity contribution is -0.137. The van der Waals surface area contributed by atoms with Crippen molar-refractivity contribution in [3.8, 4) is 0 Å². The Hall–Kier alpha value is -12.1. The van der Waals surface area contributed by atoms with Crippen molar-refractivity contribution in [3.05, 3.63) is 202 Å². The second-order valence-electron chi connectivity index (χ2n) is 39.1. The van der Waals surface area contributed by atoms with Gasteiger partial charge >= 0.3 is 6.18 Å². The normalized spacial score (nSPS) is 19.1. The van der Waals surface area contributed by atoms with Crippen LogP contribution < -0.4 is 63.8 Å². The molecule has 6 saturated heterocycles. The number of fused-ring (bicyclic) bond motifs is 6. The molecule has 6 aliphatic heterocycles. The fraction of sp³-hybridized carbons (Fsp3) is 0.505. The van der Waals surface area contributed by atoms with Crippen molar-refractivity contribution < 1.29 is 74.8 Å². The Bertz CT molecular complexity index is 6370. The van der Waals surface area contributed by atoms with E-state index >= 15 is 0 Å². The molecule has 6 atom stereocenters. The number of benzene rings is 4. The van der Waals surface area contributed by atoms with Crippen molar-refractivity contribution in [2.45, 2.75) is 175 Å². The molecule has 0 spiro atoms. The highest BCUT2D eigenvalue weighted by molar-refractivity contribution is 5.92. The first kappa shape index (κ1) is 106. The van der Waals surface area contributed by atoms with E-state index in [0.29, 0.717) is 121 Å². The molecule has 36 nitrogen and oxygen atoms in total. The maximum absolute atomic E-state index is 13.4. The van der Waals surface area contributed by atoms with Gasteiger partial charge in [-0.1, -0.05) is 72.8 Å². The summed E-state index contributed by atoms with van der Waals surface area (Å²) in [4.78, 5) is 75.0. The molecule has 18 rings (SSSR count). The lowest BCUT2D eigenvalue weighted by Gasteiger charge is -2.30. The number of amides is 6. The van der Waals surface area contributed by atoms with Crippen LogP contribution in [0.3, 0.4) is 0 Å². The molecule has 3 unspecified atom stereocenters. The fourth-order valence-corrected chi connectivity index (χ4v) is 17.8. The van der Waals surface area contributed by atoms with Gasteiger partial charge in [-0.05, 0) is 159 Å². The molecule has 4 aromatic carbocycles. The van der Waals surface area contributed by atoms with E-state index in [-0.39, 0.29) is 58.6 Å². The molecule has 141 heavy (non-hydrogen) atoms. The predicted molar refractivity (Wildman–Crippen MR) is 527 cm³/mol. The van der Waals surface area contributed by atoms with E-state index in [2.05, 4.69) is 105 Å². The minimum Gasteiger partial charge on any atom is -0.379 e. The van der Waals surface area contributed by atoms with E-state index in [9.17, 15) is 46.3 Å². The number of nitrogens with one attached hydrogen (secondary N) is 12. The van der Waals surface area contributed by atoms with Crippen LogP contribution in [-0.2, 0) is 111 Å². The smallest absolute Gasteiger partial charge is 0.379 e. The van der Waals surface area contributed by atoms with Gasteiger partial charge in [0.1, 0.15) is 30.2 Å². The van der Waals surface area contributed by atoms with Gasteiger partial charge in [-0.2, -0.15) is 54.0 Å². The Kier molecular flexibility index (Phi) is 34.6. The summed E-state index contributed by atoms with van der Waals surface area (Å²) in [6.45, 7) is 43.0. The molecule has 758 valence electrons. The number of nitrogens with zero attached hydrogens (tertiary/aromatic N) is 12. The Balaban J connectivity index is 0.000000142. The summed E-state index contributed by atoms with van der Waals surface area (Å²) in [7, 11) is 3.23. The van der Waals surface area contributed by atoms with E-state index in [1.165, 1.54) is 29.9 Å². The van der Waals surface area contributed by atoms with Crippen molar-refractivity contribution in [3.63, 3.8) is 0 Å². The van der Waals surface area contributed by atoms with Gasteiger partial charge in [0.05, 0.1) is 172 Å². The SMILES string of the molecule is Cc1cccc2c(C(C)(C)NC(=O)C3CNCCOC3)cnn12.Cc1cccc2c(C(C)(C)NC(=O)[C@@H]3CNCCO3)cnn12.Cc1nnc(C(C)(C)NC(=O)C2CNCCO2)c2ccccc12.Cc1nnc(C(C)(C)NC(=O)C2CNCCOC2)c2ccccc12.Cn1nc(C(C)(C)NC(=O)[C@@H]2CNCCO2)c2ccc(F)cc21.Cn1nc(C(C)(C)NC(=O)[C@@H]2CNCCO2)c2cccc(C(F)(F)F)c21. The number of hydrogen-bond donors (Lipinski definition) is 12. The van der Waals surface area contributed by atoms with Gasteiger partial charge in [-0.3, -0.25) is 38.1 Å². The van der Waals surface area contributed by atoms with E-state index in [1.54, 1.807) is 37.7 Å². The minimum atomic E-state index is -4.49. The fourth-order valence-electron chi connectivity index (χ4n) is 17.8. The second-order valence-corrected chi connectivity index (χ2v) is 39.1. The van der Waals surface area contributed by atoms with Crippen molar-refractivity contribution in [2.75, 3.05) is 131 Å². The van der Waals surface area contributed by atoms with Gasteiger partial charge in [0.25, 0.3) is 23.6 Å². The Morgan fingerprint density at radius 2 is 0.695 bits per heavy atom. The van der Waals surface area contributed by atoms with Gasteiger partial charge in [0.15, 0.2) is 0 Å². The predicted octanol–water partition coefficient (Wildman–Crippen LogP) is 8.00. The number of hydrogen-bond acceptors (Lipinski definition) is 26. The summed E-state index contributed by atoms with van der Waals surface area (Å²) in [6.07, 6.45) is -2.87. The monoisotopic (exact) mass is 1950 g/mol. The maximum atomic E-state index is 13.4. The minimum absolute atomic E-state index is 0.00657. The van der Waals surface area contributed by atoms with Crippen LogP contribution in [0, 0.1) is 45.3 Å². The number of aryl methyl sites for hydroxylation is 6. The molecule has 12 aromatic rings. The molecule has 8 aromatic heterocycles. The van der Waals surface area contributed by atoms with Crippen LogP contribution in [0.1, 0.15) is 145 Å². The summed E-state index contributed by atoms with van der Waals surface area (Å²) in [5.74, 6) is -1.42. The summed E-state index contributed by atoms with van der Waals surface area (Å²) in [5, 5.41) is 77.4. The zero-order valence-corrected chi connectivity index (χ0v) is 83.6. The van der Waals surface area contributed by atoms with E-state index in [4.69, 9.17) is 28.4 Å². The second kappa shape index (κ2) is 45.9. The molecular weight excluding hydrogens is 1820 g/mol. The summed E-state index contributed by atoms with van der Waals surface area (Å²) >= 11 is 0. The van der Waals surface area contributed by atoms with E-state index in [1.807, 2.05) is 203 Å². The standard InChI is InChI=1S/C18H24N4O2.C17H21F3N4O2.C17H24N4O2.C17H22N4O2.C16H21FN4O2.C16H22N4O2/c1-12-14-6-4-5-7-15(14)16(22-21-12)18(2,3)20-17(23)13-10-19-8-9-24-11-13;1-16(2,22-15(25)12-9-21-7-8-26-12)14-10-5-4-6-11(17(18,19)20)13(10)24(3)23-14;1-12-5-4-6-15-14(10-19-21(12)15)17(2,3)20-16(22)13-9-18-7-8-23-11-13;1-11-12-6-4-5-7-13(12)15(21-20-11)17(2,3)19-16(22)14-10-18-8-9-23-14;1-16(2,19-15(22)13-9-18-6-7-23-13)14-11-5-4-10(17)8-12(11)21(3)20-14;1-11-5-4-6-13-12(9-18-20(11)13)16(2,3)19-15(21)14-10-17-7-8-22-14/h4-7,13,19H,8-11H2,1-3H3,(H,20,23);4-6,12,21H,7-9H2,1-3H3,(H,22,25);4-6,10,13,18H,7-9,11H2,1-3H3,(H,20,22);4-7,14,18H,8-10H2,1-3H3,(H,19,22);4-5,8,13,18H,6-7,9H2,1-3H3,(H,19,22);4-6,9,14,17H,7-8,10H2,1-3H3,(H,19,21)/t;12-;;;13-;14-/m.0..00/s1. The van der Waals surface area contributed by atoms with E-state index < -0.39 is 69.4 Å². The lowest BCUT2D eigenvalue weighted by atomic mass is 9.94. The number of pyridine rings is 2. The Morgan fingerprint density at radius 3 is 1.09 bits per heavy atom. The topological polar surface area (TPSA) is 424 Å². The van der Waals surface area contributed by atoms with Crippen molar-refractivity contribution in [2.24, 2.45) is 25.9 Å². The third kappa shape index (κ3) is 26.1. The first-order chi connectivity index (χ1) is 66.9. The van der Waals surface area contributed by atoms with Crippen LogP contribution in [0.2, 0.25) is 0 Å². The Labute approximate surface area is 817 Å². The molecule has 40 heteroatoms. The lowest BCUT2D eigenvalue weighted by Crippen LogP contribution is -2.52. The molecule has 14 heterocycles. The number of para-hydroxylation sites is 1. The number of aromatic nitrogens is 12. The van der Waals surface area contributed by atoms with Crippen LogP contribution in [0.25, 0.3) is 54.4 Å². The zero-order valence-electron chi connectivity index (χ0n) is 83.6. The molecule has 6 aliphatic rings. The number of alkyl halides is 3. The summed E-state index contributed by atoms with van der Waals surface area (Å²) < 4.78 is 92.9. The van der Waals surface area contributed by atoms with Gasteiger partial charge in [-0.15, -0.1) is 0 Å². The molecule has 0 aliphatic carbocycles. The maximum Gasteiger partial charge on any atom is 0.418 e. The quantitative estimate of drug-likeness (QED) is 0.0362. The molecule has 0 saturated carbocycles. The van der Waals surface area contributed by atoms with Crippen molar-refractivity contribution >= 4 is 89.8 Å². The van der Waals surface area contributed by atoms with Crippen LogP contribution >= 0.6 is 0 Å². The largest absolute Gasteiger partial charge is 0.418 e. The van der Waals surface area contributed by atoms with Gasteiger partial charge in [0, 0.05) is 147 Å². The third-order valence-electron chi connectivity index (χ3n) is 25.4. The highest BCUT2D eigenvalue weighted by Gasteiger charge is 2.41. The van der Waals surface area contributed by atoms with Crippen LogP contribution in [0.5, 0.6) is 0 Å². The highest BCUT2D eigenvalue weighted by Crippen LogP contribution is 2.39. The van der Waals surface area contributed by atoms with Crippen LogP contribution in [0.15, 0.2) is 134 Å². The highest BCUT2D eigenvalue weighted by atomic mass is 19.4. The first-order valence-corrected chi connectivity index (χ1v) is 47.7. The Morgan fingerprint density at radius 1 is 0.355 bits per heavy atom. The number of ether oxygens (including phenoxy) is 6. The summed E-state index contributed by atoms with van der Waals surface area (Å²) in [6, 6.07) is 36.6. The molecular formula is C101H134F4N24O12. The molecule has 6 amide bonds. The molecule has 12 N–H and O–H groups in total. The molecule has 0 radical (unpaired) electrons. The average Bonchev–Trinajstić information content (AvgIpc) is 1.62. The van der Waals surface area contributed by atoms with Gasteiger partial charge in [0.2, 0.25) is 11.8 Å². The van der Waals surface area contributed by atoms with Crippen molar-refractivity contribution in [1.29, 1.82) is 0 Å². The van der Waals surface area contributed by atoms with Gasteiger partial charge < -0.3 is 92.2 Å². The molecule has 0 bridgehead atoms. The van der Waals surface area contributed by atoms with Crippen molar-refractivity contribution in [1.82, 2.24) is 123 Å². The van der Waals surface area contributed by atoms with Gasteiger partial charge in [-0.25, -0.2) is 13.4 Å². The first-order valence-electron chi connectivity index (χ1n) is 47.7. The van der Waals surface area contributed by atoms with Crippen LogP contribution in [-0.4, -0.2) is 250 Å².